The molecule has 0 heterocycles. The van der Waals surface area contributed by atoms with E-state index in [1.165, 1.54) is 5.43 Å². The quantitative estimate of drug-likeness (QED) is 0.495. The van der Waals surface area contributed by atoms with Gasteiger partial charge in [-0.2, -0.15) is 5.10 Å². The number of hydrogen-bond donors (Lipinski definition) is 1. The molecule has 0 fully saturated rings. The van der Waals surface area contributed by atoms with Crippen LogP contribution in [-0.4, -0.2) is 12.0 Å². The van der Waals surface area contributed by atoms with Crippen LogP contribution in [0.2, 0.25) is 0 Å². The molecule has 100 valence electrons. The molecule has 0 unspecified atom stereocenters. The van der Waals surface area contributed by atoms with Crippen molar-refractivity contribution in [2.24, 2.45) is 10.5 Å². The van der Waals surface area contributed by atoms with E-state index in [0.29, 0.717) is 17.7 Å². The molecule has 0 aliphatic carbocycles. The number of hydrazone groups is 1. The van der Waals surface area contributed by atoms with Crippen LogP contribution in [0.1, 0.15) is 32.8 Å². The van der Waals surface area contributed by atoms with E-state index in [2.05, 4.69) is 5.10 Å². The zero-order valence-corrected chi connectivity index (χ0v) is 10.7. The van der Waals surface area contributed by atoms with Crippen LogP contribution in [0, 0.1) is 5.41 Å². The summed E-state index contributed by atoms with van der Waals surface area (Å²) in [7, 11) is 0. The second-order valence-corrected chi connectivity index (χ2v) is 5.27. The molecule has 1 aromatic rings. The third-order valence-corrected chi connectivity index (χ3v) is 2.12. The van der Waals surface area contributed by atoms with E-state index < -0.39 is 6.30 Å². The molecule has 0 saturated heterocycles. The minimum Gasteiger partial charge on any atom is -0.218 e. The van der Waals surface area contributed by atoms with Gasteiger partial charge in [-0.05, 0) is 17.4 Å². The Morgan fingerprint density at radius 1 is 1.11 bits per heavy atom. The summed E-state index contributed by atoms with van der Waals surface area (Å²) in [6.45, 7) is 5.87. The summed E-state index contributed by atoms with van der Waals surface area (Å²) in [5.41, 5.74) is 2.20. The van der Waals surface area contributed by atoms with Crippen LogP contribution in [-0.2, 0) is 0 Å². The second kappa shape index (κ2) is 5.42. The zero-order chi connectivity index (χ0) is 13.8. The molecule has 0 saturated carbocycles. The second-order valence-electron chi connectivity index (χ2n) is 5.27. The summed E-state index contributed by atoms with van der Waals surface area (Å²) in [6.07, 6.45) is -4.04. The highest BCUT2D eigenvalue weighted by Crippen LogP contribution is 2.22. The Kier molecular flexibility index (Phi) is 4.38. The van der Waals surface area contributed by atoms with Crippen molar-refractivity contribution >= 4 is 5.71 Å². The van der Waals surface area contributed by atoms with E-state index in [4.69, 9.17) is 0 Å². The fraction of sp³-hybridized carbons (Fsp3) is 0.462. The molecule has 0 aliphatic rings. The molecule has 0 bridgehead atoms. The topological polar surface area (TPSA) is 24.4 Å². The highest BCUT2D eigenvalue weighted by atomic mass is 19.4. The van der Waals surface area contributed by atoms with Gasteiger partial charge in [-0.25, -0.2) is 5.43 Å². The lowest BCUT2D eigenvalue weighted by molar-refractivity contribution is -0.156. The summed E-state index contributed by atoms with van der Waals surface area (Å²) in [6, 6.07) is 8.88. The van der Waals surface area contributed by atoms with Crippen molar-refractivity contribution in [2.75, 3.05) is 0 Å². The molecule has 1 rings (SSSR count). The summed E-state index contributed by atoms with van der Waals surface area (Å²) in [5.74, 6) is 0. The molecule has 1 N–H and O–H groups in total. The minimum atomic E-state index is -4.50. The molecular formula is C13H17F3N2. The number of nitrogens with zero attached hydrogens (tertiary/aromatic N) is 1. The van der Waals surface area contributed by atoms with Crippen LogP contribution < -0.4 is 5.43 Å². The van der Waals surface area contributed by atoms with Crippen LogP contribution >= 0.6 is 0 Å². The summed E-state index contributed by atoms with van der Waals surface area (Å²) in [5, 5.41) is 3.49. The van der Waals surface area contributed by atoms with Gasteiger partial charge >= 0.3 is 6.30 Å². The Bertz CT molecular complexity index is 402. The normalized spacial score (nSPS) is 13.6. The van der Waals surface area contributed by atoms with E-state index in [1.54, 1.807) is 24.3 Å². The molecule has 0 aromatic heterocycles. The smallest absolute Gasteiger partial charge is 0.218 e. The van der Waals surface area contributed by atoms with Crippen molar-refractivity contribution in [1.29, 1.82) is 0 Å². The largest absolute Gasteiger partial charge is 0.497 e. The van der Waals surface area contributed by atoms with Crippen molar-refractivity contribution in [1.82, 2.24) is 5.43 Å². The average molecular weight is 258 g/mol. The first-order chi connectivity index (χ1) is 8.17. The number of halogens is 3. The first-order valence-electron chi connectivity index (χ1n) is 5.63. The number of rotatable bonds is 3. The fourth-order valence-electron chi connectivity index (χ4n) is 1.47. The Hall–Kier alpha value is -1.52. The monoisotopic (exact) mass is 258 g/mol. The molecule has 1 aromatic carbocycles. The molecule has 2 nitrogen and oxygen atoms in total. The molecule has 0 radical (unpaired) electrons. The average Bonchev–Trinajstić information content (AvgIpc) is 2.23. The van der Waals surface area contributed by atoms with Gasteiger partial charge in [-0.3, -0.25) is 0 Å². The van der Waals surface area contributed by atoms with Crippen molar-refractivity contribution < 1.29 is 13.2 Å². The van der Waals surface area contributed by atoms with E-state index in [0.717, 1.165) is 0 Å². The van der Waals surface area contributed by atoms with Crippen molar-refractivity contribution in [2.45, 2.75) is 33.5 Å². The van der Waals surface area contributed by atoms with E-state index in [1.807, 2.05) is 26.8 Å². The first-order valence-corrected chi connectivity index (χ1v) is 5.63. The molecule has 0 spiro atoms. The maximum atomic E-state index is 12.1. The van der Waals surface area contributed by atoms with E-state index >= 15 is 0 Å². The van der Waals surface area contributed by atoms with Crippen LogP contribution in [0.3, 0.4) is 0 Å². The summed E-state index contributed by atoms with van der Waals surface area (Å²) >= 11 is 0. The first kappa shape index (κ1) is 14.5. The Balaban J connectivity index is 2.96. The fourth-order valence-corrected chi connectivity index (χ4v) is 1.47. The minimum absolute atomic E-state index is 0.137. The van der Waals surface area contributed by atoms with Gasteiger partial charge in [0.15, 0.2) is 0 Å². The lowest BCUT2D eigenvalue weighted by atomic mass is 9.87. The predicted molar refractivity (Wildman–Crippen MR) is 66.2 cm³/mol. The van der Waals surface area contributed by atoms with Crippen LogP contribution in [0.4, 0.5) is 13.2 Å². The molecular weight excluding hydrogens is 241 g/mol. The van der Waals surface area contributed by atoms with Gasteiger partial charge in [0.05, 0.1) is 5.71 Å². The number of hydrogen-bond acceptors (Lipinski definition) is 2. The molecule has 0 aliphatic heterocycles. The van der Waals surface area contributed by atoms with Crippen LogP contribution in [0.15, 0.2) is 35.4 Å². The van der Waals surface area contributed by atoms with Gasteiger partial charge in [0, 0.05) is 0 Å². The van der Waals surface area contributed by atoms with Crippen molar-refractivity contribution in [3.05, 3.63) is 35.9 Å². The Morgan fingerprint density at radius 2 is 1.67 bits per heavy atom. The maximum absolute atomic E-state index is 12.1. The van der Waals surface area contributed by atoms with Gasteiger partial charge in [0.2, 0.25) is 0 Å². The predicted octanol–water partition coefficient (Wildman–Crippen LogP) is 3.94. The summed E-state index contributed by atoms with van der Waals surface area (Å²) in [4.78, 5) is 0. The highest BCUT2D eigenvalue weighted by Gasteiger charge is 2.27. The van der Waals surface area contributed by atoms with Gasteiger partial charge in [0.1, 0.15) is 0 Å². The van der Waals surface area contributed by atoms with Gasteiger partial charge in [-0.15, -0.1) is 13.2 Å². The summed E-state index contributed by atoms with van der Waals surface area (Å²) < 4.78 is 36.4. The Labute approximate surface area is 105 Å². The number of alkyl halides is 3. The van der Waals surface area contributed by atoms with E-state index in [-0.39, 0.29) is 5.41 Å². The van der Waals surface area contributed by atoms with E-state index in [9.17, 15) is 13.2 Å². The van der Waals surface area contributed by atoms with Gasteiger partial charge in [0.25, 0.3) is 0 Å². The van der Waals surface area contributed by atoms with Crippen LogP contribution in [0.25, 0.3) is 0 Å². The van der Waals surface area contributed by atoms with Gasteiger partial charge in [-0.1, -0.05) is 51.1 Å². The number of nitrogens with one attached hydrogen (secondary N) is 1. The third kappa shape index (κ3) is 5.70. The molecule has 0 atom stereocenters. The highest BCUT2D eigenvalue weighted by molar-refractivity contribution is 6.00. The maximum Gasteiger partial charge on any atom is 0.497 e. The molecule has 0 amide bonds. The van der Waals surface area contributed by atoms with Crippen molar-refractivity contribution in [3.8, 4) is 0 Å². The third-order valence-electron chi connectivity index (χ3n) is 2.12. The lowest BCUT2D eigenvalue weighted by Crippen LogP contribution is -2.29. The van der Waals surface area contributed by atoms with Crippen LogP contribution in [0.5, 0.6) is 0 Å². The van der Waals surface area contributed by atoms with Crippen molar-refractivity contribution in [3.63, 3.8) is 0 Å². The molecule has 18 heavy (non-hydrogen) atoms. The Morgan fingerprint density at radius 3 is 2.11 bits per heavy atom. The zero-order valence-electron chi connectivity index (χ0n) is 10.7. The SMILES string of the molecule is CC(C)(C)CC(=NNC(F)(F)F)c1ccccc1. The van der Waals surface area contributed by atoms with Gasteiger partial charge < -0.3 is 0 Å². The standard InChI is InChI=1S/C13H17F3N2/c1-12(2,3)9-11(17-18-13(14,15)16)10-7-5-4-6-8-10/h4-8,18H,9H2,1-3H3. The lowest BCUT2D eigenvalue weighted by Gasteiger charge is -2.20. The number of benzene rings is 1. The molecule has 5 heteroatoms.